The van der Waals surface area contributed by atoms with Gasteiger partial charge in [0.15, 0.2) is 0 Å². The molecular formula is C12H23O6P. The lowest BCUT2D eigenvalue weighted by Crippen LogP contribution is -2.35. The Morgan fingerprint density at radius 1 is 1.00 bits per heavy atom. The molecular weight excluding hydrogens is 271 g/mol. The van der Waals surface area contributed by atoms with E-state index in [2.05, 4.69) is 4.74 Å². The molecule has 0 heterocycles. The zero-order valence-electron chi connectivity index (χ0n) is 12.2. The van der Waals surface area contributed by atoms with E-state index in [0.717, 1.165) is 0 Å². The van der Waals surface area contributed by atoms with Crippen LogP contribution in [0.1, 0.15) is 34.6 Å². The van der Waals surface area contributed by atoms with E-state index in [9.17, 15) is 14.2 Å². The molecule has 0 bridgehead atoms. The van der Waals surface area contributed by atoms with Crippen molar-refractivity contribution in [2.45, 2.75) is 40.3 Å². The molecule has 0 rings (SSSR count). The number of esters is 1. The highest BCUT2D eigenvalue weighted by atomic mass is 31.2. The van der Waals surface area contributed by atoms with Crippen LogP contribution in [0.15, 0.2) is 0 Å². The average Bonchev–Trinajstić information content (AvgIpc) is 2.29. The van der Waals surface area contributed by atoms with Gasteiger partial charge in [-0.15, -0.1) is 0 Å². The zero-order chi connectivity index (χ0) is 15.1. The molecule has 0 aliphatic rings. The first kappa shape index (κ1) is 18.3. The molecule has 0 saturated carbocycles. The third kappa shape index (κ3) is 5.05. The first-order valence-corrected chi connectivity index (χ1v) is 8.04. The van der Waals surface area contributed by atoms with Gasteiger partial charge >= 0.3 is 13.6 Å². The lowest BCUT2D eigenvalue weighted by atomic mass is 10.1. The second kappa shape index (κ2) is 8.46. The van der Waals surface area contributed by atoms with Crippen LogP contribution in [-0.2, 0) is 27.9 Å². The Balaban J connectivity index is 5.32. The predicted molar refractivity (Wildman–Crippen MR) is 71.1 cm³/mol. The van der Waals surface area contributed by atoms with Crippen LogP contribution < -0.4 is 0 Å². The van der Waals surface area contributed by atoms with Gasteiger partial charge in [0.05, 0.1) is 19.8 Å². The summed E-state index contributed by atoms with van der Waals surface area (Å²) in [4.78, 5) is 23.6. The van der Waals surface area contributed by atoms with Crippen LogP contribution in [0.3, 0.4) is 0 Å². The normalized spacial score (nSPS) is 13.4. The third-order valence-electron chi connectivity index (χ3n) is 2.34. The molecule has 0 N–H and O–H groups in total. The number of carbonyl (C=O) groups excluding carboxylic acids is 2. The summed E-state index contributed by atoms with van der Waals surface area (Å²) in [6.45, 7) is 8.63. The fourth-order valence-electron chi connectivity index (χ4n) is 1.69. The van der Waals surface area contributed by atoms with E-state index in [1.165, 1.54) is 0 Å². The van der Waals surface area contributed by atoms with Crippen LogP contribution in [0.25, 0.3) is 0 Å². The number of Topliss-reactive ketones (excluding diaryl/α,β-unsaturated/α-hetero) is 1. The molecule has 0 radical (unpaired) electrons. The first-order chi connectivity index (χ1) is 8.83. The largest absolute Gasteiger partial charge is 0.460 e. The summed E-state index contributed by atoms with van der Waals surface area (Å²) >= 11 is 0. The standard InChI is InChI=1S/C12H23O6P/c1-6-16-12(14)10(13)11(9(4)5)19(15,17-7-2)18-8-3/h9,11H,6-8H2,1-5H3. The van der Waals surface area contributed by atoms with Gasteiger partial charge in [-0.1, -0.05) is 13.8 Å². The van der Waals surface area contributed by atoms with Gasteiger partial charge in [-0.05, 0) is 26.7 Å². The van der Waals surface area contributed by atoms with Crippen molar-refractivity contribution in [3.05, 3.63) is 0 Å². The summed E-state index contributed by atoms with van der Waals surface area (Å²) in [6.07, 6.45) is 0. The van der Waals surface area contributed by atoms with E-state index in [0.29, 0.717) is 0 Å². The number of ether oxygens (including phenoxy) is 1. The number of hydrogen-bond acceptors (Lipinski definition) is 6. The SMILES string of the molecule is CCOC(=O)C(=O)C(C(C)C)P(=O)(OCC)OCC. The van der Waals surface area contributed by atoms with Crippen LogP contribution in [0.5, 0.6) is 0 Å². The number of rotatable bonds is 9. The van der Waals surface area contributed by atoms with E-state index in [-0.39, 0.29) is 25.7 Å². The Kier molecular flexibility index (Phi) is 8.14. The molecule has 0 aromatic carbocycles. The molecule has 0 spiro atoms. The molecule has 0 aliphatic heterocycles. The predicted octanol–water partition coefficient (Wildman–Crippen LogP) is 2.41. The lowest BCUT2D eigenvalue weighted by molar-refractivity contribution is -0.153. The quantitative estimate of drug-likeness (QED) is 0.369. The molecule has 0 aromatic heterocycles. The van der Waals surface area contributed by atoms with Crippen molar-refractivity contribution >= 4 is 19.3 Å². The zero-order valence-corrected chi connectivity index (χ0v) is 13.1. The Morgan fingerprint density at radius 3 is 1.79 bits per heavy atom. The van der Waals surface area contributed by atoms with Crippen molar-refractivity contribution in [3.63, 3.8) is 0 Å². The van der Waals surface area contributed by atoms with Gasteiger partial charge in [0.2, 0.25) is 0 Å². The van der Waals surface area contributed by atoms with Gasteiger partial charge < -0.3 is 13.8 Å². The van der Waals surface area contributed by atoms with Gasteiger partial charge in [-0.2, -0.15) is 0 Å². The molecule has 1 unspecified atom stereocenters. The molecule has 19 heavy (non-hydrogen) atoms. The first-order valence-electron chi connectivity index (χ1n) is 6.43. The highest BCUT2D eigenvalue weighted by Gasteiger charge is 2.46. The van der Waals surface area contributed by atoms with E-state index in [1.807, 2.05) is 0 Å². The van der Waals surface area contributed by atoms with Gasteiger partial charge in [-0.25, -0.2) is 4.79 Å². The number of carbonyl (C=O) groups is 2. The van der Waals surface area contributed by atoms with Crippen LogP contribution in [0.4, 0.5) is 0 Å². The fourth-order valence-corrected chi connectivity index (χ4v) is 3.93. The second-order valence-corrected chi connectivity index (χ2v) is 6.30. The summed E-state index contributed by atoms with van der Waals surface area (Å²) in [7, 11) is -3.67. The Morgan fingerprint density at radius 2 is 1.47 bits per heavy atom. The molecule has 0 saturated heterocycles. The maximum absolute atomic E-state index is 12.6. The van der Waals surface area contributed by atoms with E-state index < -0.39 is 25.0 Å². The van der Waals surface area contributed by atoms with Crippen LogP contribution in [0, 0.1) is 5.92 Å². The fraction of sp³-hybridized carbons (Fsp3) is 0.833. The van der Waals surface area contributed by atoms with Crippen molar-refractivity contribution in [3.8, 4) is 0 Å². The van der Waals surface area contributed by atoms with Crippen molar-refractivity contribution in [1.29, 1.82) is 0 Å². The molecule has 1 atom stereocenters. The Hall–Kier alpha value is -0.710. The summed E-state index contributed by atoms with van der Waals surface area (Å²) in [5, 5.41) is 0. The molecule has 0 aromatic rings. The van der Waals surface area contributed by atoms with Crippen molar-refractivity contribution in [1.82, 2.24) is 0 Å². The van der Waals surface area contributed by atoms with Crippen molar-refractivity contribution < 1.29 is 27.9 Å². The summed E-state index contributed by atoms with van der Waals surface area (Å²) in [5.74, 6) is -2.22. The Bertz CT molecular complexity index is 342. The number of hydrogen-bond donors (Lipinski definition) is 0. The second-order valence-electron chi connectivity index (χ2n) is 4.15. The minimum Gasteiger partial charge on any atom is -0.460 e. The molecule has 0 amide bonds. The molecule has 0 fully saturated rings. The van der Waals surface area contributed by atoms with E-state index in [1.54, 1.807) is 34.6 Å². The molecule has 112 valence electrons. The van der Waals surface area contributed by atoms with Crippen molar-refractivity contribution in [2.75, 3.05) is 19.8 Å². The third-order valence-corrected chi connectivity index (χ3v) is 5.08. The van der Waals surface area contributed by atoms with E-state index >= 15 is 0 Å². The van der Waals surface area contributed by atoms with E-state index in [4.69, 9.17) is 9.05 Å². The van der Waals surface area contributed by atoms with Crippen LogP contribution in [-0.4, -0.2) is 37.2 Å². The van der Waals surface area contributed by atoms with Gasteiger partial charge in [0.1, 0.15) is 5.66 Å². The maximum atomic E-state index is 12.6. The topological polar surface area (TPSA) is 78.9 Å². The minimum absolute atomic E-state index is 0.0863. The smallest absolute Gasteiger partial charge is 0.375 e. The van der Waals surface area contributed by atoms with Gasteiger partial charge in [-0.3, -0.25) is 9.36 Å². The lowest BCUT2D eigenvalue weighted by Gasteiger charge is -2.27. The maximum Gasteiger partial charge on any atom is 0.375 e. The summed E-state index contributed by atoms with van der Waals surface area (Å²) < 4.78 is 27.6. The molecule has 6 nitrogen and oxygen atoms in total. The molecule has 7 heteroatoms. The van der Waals surface area contributed by atoms with Crippen LogP contribution >= 0.6 is 7.60 Å². The van der Waals surface area contributed by atoms with Crippen LogP contribution in [0.2, 0.25) is 0 Å². The highest BCUT2D eigenvalue weighted by molar-refractivity contribution is 7.56. The Labute approximate surface area is 114 Å². The minimum atomic E-state index is -3.67. The average molecular weight is 294 g/mol. The summed E-state index contributed by atoms with van der Waals surface area (Å²) in [5.41, 5.74) is -1.13. The van der Waals surface area contributed by atoms with Gasteiger partial charge in [0, 0.05) is 0 Å². The van der Waals surface area contributed by atoms with Crippen molar-refractivity contribution in [2.24, 2.45) is 5.92 Å². The van der Waals surface area contributed by atoms with Gasteiger partial charge in [0.25, 0.3) is 5.78 Å². The summed E-state index contributed by atoms with van der Waals surface area (Å²) in [6, 6.07) is 0. The number of ketones is 1. The molecule has 0 aliphatic carbocycles. The monoisotopic (exact) mass is 294 g/mol. The highest BCUT2D eigenvalue weighted by Crippen LogP contribution is 2.55.